The van der Waals surface area contributed by atoms with E-state index in [-0.39, 0.29) is 0 Å². The Morgan fingerprint density at radius 3 is 2.09 bits per heavy atom. The number of benzene rings is 1. The maximum absolute atomic E-state index is 2.44. The fourth-order valence-corrected chi connectivity index (χ4v) is 4.45. The molecule has 1 aromatic heterocycles. The van der Waals surface area contributed by atoms with Gasteiger partial charge in [0.2, 0.25) is 0 Å². The van der Waals surface area contributed by atoms with Gasteiger partial charge in [-0.15, -0.1) is 11.3 Å². The molecule has 0 atom stereocenters. The molecule has 0 amide bonds. The summed E-state index contributed by atoms with van der Waals surface area (Å²) in [5.41, 5.74) is 1.63. The molecular formula is C21H32S. The molecular weight excluding hydrogens is 284 g/mol. The van der Waals surface area contributed by atoms with E-state index in [1.165, 1.54) is 74.3 Å². The van der Waals surface area contributed by atoms with Gasteiger partial charge in [-0.05, 0) is 41.2 Å². The average Bonchev–Trinajstić information content (AvgIpc) is 2.97. The van der Waals surface area contributed by atoms with Gasteiger partial charge in [-0.3, -0.25) is 0 Å². The number of rotatable bonds is 11. The van der Waals surface area contributed by atoms with Crippen molar-refractivity contribution in [2.24, 2.45) is 0 Å². The topological polar surface area (TPSA) is 0 Å². The average molecular weight is 317 g/mol. The van der Waals surface area contributed by atoms with Crippen LogP contribution in [0.4, 0.5) is 0 Å². The molecule has 22 heavy (non-hydrogen) atoms. The predicted molar refractivity (Wildman–Crippen MR) is 102 cm³/mol. The lowest BCUT2D eigenvalue weighted by Gasteiger charge is -2.17. The normalized spacial score (nSPS) is 11.6. The highest BCUT2D eigenvalue weighted by atomic mass is 32.1. The summed E-state index contributed by atoms with van der Waals surface area (Å²) in [7, 11) is 0. The Bertz CT molecular complexity index is 513. The number of hydrogen-bond acceptors (Lipinski definition) is 1. The summed E-state index contributed by atoms with van der Waals surface area (Å²) in [4.78, 5) is 0. The van der Waals surface area contributed by atoms with Crippen molar-refractivity contribution in [3.8, 4) is 0 Å². The standard InChI is InChI=1S/C21H32S/c1-3-5-7-9-13-18(14-10-8-6-4-2)20-17-22-21-16-12-11-15-19(20)21/h11-12,15-18H,3-10,13-14H2,1-2H3. The maximum Gasteiger partial charge on any atom is 0.0345 e. The molecule has 2 aromatic rings. The van der Waals surface area contributed by atoms with Crippen molar-refractivity contribution in [2.45, 2.75) is 84.0 Å². The van der Waals surface area contributed by atoms with Gasteiger partial charge in [0, 0.05) is 4.70 Å². The molecule has 0 radical (unpaired) electrons. The van der Waals surface area contributed by atoms with Gasteiger partial charge in [0.1, 0.15) is 0 Å². The van der Waals surface area contributed by atoms with Crippen molar-refractivity contribution in [2.75, 3.05) is 0 Å². The lowest BCUT2D eigenvalue weighted by Crippen LogP contribution is -1.99. The van der Waals surface area contributed by atoms with Crippen LogP contribution in [0, 0.1) is 0 Å². The summed E-state index contributed by atoms with van der Waals surface area (Å²) in [6.45, 7) is 4.60. The molecule has 0 aliphatic heterocycles. The van der Waals surface area contributed by atoms with Crippen molar-refractivity contribution in [3.05, 3.63) is 35.2 Å². The predicted octanol–water partition coefficient (Wildman–Crippen LogP) is 7.93. The van der Waals surface area contributed by atoms with Gasteiger partial charge in [0.25, 0.3) is 0 Å². The lowest BCUT2D eigenvalue weighted by atomic mass is 9.88. The Morgan fingerprint density at radius 2 is 1.45 bits per heavy atom. The zero-order valence-corrected chi connectivity index (χ0v) is 15.3. The minimum absolute atomic E-state index is 0.782. The molecule has 1 aromatic carbocycles. The van der Waals surface area contributed by atoms with Gasteiger partial charge in [0.15, 0.2) is 0 Å². The van der Waals surface area contributed by atoms with Gasteiger partial charge in [0.05, 0.1) is 0 Å². The van der Waals surface area contributed by atoms with Gasteiger partial charge in [-0.1, -0.05) is 83.4 Å². The Balaban J connectivity index is 2.01. The molecule has 0 spiro atoms. The van der Waals surface area contributed by atoms with Crippen LogP contribution in [0.1, 0.15) is 89.5 Å². The van der Waals surface area contributed by atoms with Gasteiger partial charge >= 0.3 is 0 Å². The monoisotopic (exact) mass is 316 g/mol. The molecule has 1 heterocycles. The summed E-state index contributed by atoms with van der Waals surface area (Å²) in [5, 5.41) is 3.96. The zero-order valence-electron chi connectivity index (χ0n) is 14.4. The van der Waals surface area contributed by atoms with E-state index in [1.54, 1.807) is 5.56 Å². The summed E-state index contributed by atoms with van der Waals surface area (Å²) < 4.78 is 1.46. The molecule has 122 valence electrons. The van der Waals surface area contributed by atoms with Crippen LogP contribution >= 0.6 is 11.3 Å². The Morgan fingerprint density at radius 1 is 0.818 bits per heavy atom. The molecule has 0 unspecified atom stereocenters. The molecule has 1 heteroatoms. The Hall–Kier alpha value is -0.820. The minimum Gasteiger partial charge on any atom is -0.144 e. The van der Waals surface area contributed by atoms with Gasteiger partial charge in [-0.2, -0.15) is 0 Å². The highest BCUT2D eigenvalue weighted by Crippen LogP contribution is 2.36. The SMILES string of the molecule is CCCCCCC(CCCCCC)c1csc2ccccc12. The third-order valence-electron chi connectivity index (χ3n) is 4.76. The van der Waals surface area contributed by atoms with Crippen LogP contribution < -0.4 is 0 Å². The minimum atomic E-state index is 0.782. The van der Waals surface area contributed by atoms with Crippen molar-refractivity contribution >= 4 is 21.4 Å². The fraction of sp³-hybridized carbons (Fsp3) is 0.619. The summed E-state index contributed by atoms with van der Waals surface area (Å²) in [6, 6.07) is 8.96. The van der Waals surface area contributed by atoms with Crippen LogP contribution in [0.25, 0.3) is 10.1 Å². The number of unbranched alkanes of at least 4 members (excludes halogenated alkanes) is 6. The fourth-order valence-electron chi connectivity index (χ4n) is 3.40. The van der Waals surface area contributed by atoms with Crippen LogP contribution in [0.5, 0.6) is 0 Å². The first-order valence-corrected chi connectivity index (χ1v) is 10.2. The molecule has 0 aliphatic rings. The zero-order chi connectivity index (χ0) is 15.6. The number of fused-ring (bicyclic) bond motifs is 1. The van der Waals surface area contributed by atoms with E-state index in [2.05, 4.69) is 43.5 Å². The van der Waals surface area contributed by atoms with Crippen LogP contribution in [0.3, 0.4) is 0 Å². The molecule has 0 saturated heterocycles. The Kier molecular flexibility index (Phi) is 8.01. The third-order valence-corrected chi connectivity index (χ3v) is 5.74. The highest BCUT2D eigenvalue weighted by Gasteiger charge is 2.15. The van der Waals surface area contributed by atoms with E-state index in [1.807, 2.05) is 11.3 Å². The van der Waals surface area contributed by atoms with Crippen molar-refractivity contribution in [1.82, 2.24) is 0 Å². The smallest absolute Gasteiger partial charge is 0.0345 e. The van der Waals surface area contributed by atoms with E-state index in [9.17, 15) is 0 Å². The second-order valence-corrected chi connectivity index (χ2v) is 7.49. The number of hydrogen-bond donors (Lipinski definition) is 0. The van der Waals surface area contributed by atoms with Crippen molar-refractivity contribution in [1.29, 1.82) is 0 Å². The third kappa shape index (κ3) is 5.12. The quantitative estimate of drug-likeness (QED) is 0.369. The Labute approximate surface area is 140 Å². The molecule has 0 bridgehead atoms. The van der Waals surface area contributed by atoms with Crippen molar-refractivity contribution < 1.29 is 0 Å². The lowest BCUT2D eigenvalue weighted by molar-refractivity contribution is 0.499. The molecule has 2 rings (SSSR count). The van der Waals surface area contributed by atoms with Gasteiger partial charge in [-0.25, -0.2) is 0 Å². The van der Waals surface area contributed by atoms with E-state index < -0.39 is 0 Å². The second kappa shape index (κ2) is 10.0. The summed E-state index contributed by atoms with van der Waals surface area (Å²) >= 11 is 1.93. The largest absolute Gasteiger partial charge is 0.144 e. The van der Waals surface area contributed by atoms with E-state index >= 15 is 0 Å². The first kappa shape index (κ1) is 17.5. The highest BCUT2D eigenvalue weighted by molar-refractivity contribution is 7.17. The second-order valence-electron chi connectivity index (χ2n) is 6.58. The molecule has 0 aliphatic carbocycles. The first-order valence-electron chi connectivity index (χ1n) is 9.33. The van der Waals surface area contributed by atoms with Gasteiger partial charge < -0.3 is 0 Å². The van der Waals surface area contributed by atoms with Crippen LogP contribution in [0.15, 0.2) is 29.6 Å². The van der Waals surface area contributed by atoms with Crippen molar-refractivity contribution in [3.63, 3.8) is 0 Å². The van der Waals surface area contributed by atoms with E-state index in [0.717, 1.165) is 5.92 Å². The van der Waals surface area contributed by atoms with E-state index in [4.69, 9.17) is 0 Å². The maximum atomic E-state index is 2.44. The van der Waals surface area contributed by atoms with E-state index in [0.29, 0.717) is 0 Å². The van der Waals surface area contributed by atoms with Crippen LogP contribution in [-0.2, 0) is 0 Å². The molecule has 0 saturated carbocycles. The summed E-state index contributed by atoms with van der Waals surface area (Å²) in [5.74, 6) is 0.782. The molecule has 0 nitrogen and oxygen atoms in total. The first-order chi connectivity index (χ1) is 10.9. The summed E-state index contributed by atoms with van der Waals surface area (Å²) in [6.07, 6.45) is 13.8. The number of thiophene rings is 1. The molecule has 0 N–H and O–H groups in total. The van der Waals surface area contributed by atoms with Crippen LogP contribution in [0.2, 0.25) is 0 Å². The van der Waals surface area contributed by atoms with Crippen LogP contribution in [-0.4, -0.2) is 0 Å². The molecule has 0 fully saturated rings.